The second kappa shape index (κ2) is 9.03. The van der Waals surface area contributed by atoms with Crippen LogP contribution in [0.4, 0.5) is 4.79 Å². The first-order valence-electron chi connectivity index (χ1n) is 8.72. The molecule has 27 heavy (non-hydrogen) atoms. The van der Waals surface area contributed by atoms with Gasteiger partial charge >= 0.3 is 12.1 Å². The number of amides is 1. The van der Waals surface area contributed by atoms with Gasteiger partial charge in [0, 0.05) is 0 Å². The third-order valence-corrected chi connectivity index (χ3v) is 3.46. The molecule has 2 aromatic rings. The van der Waals surface area contributed by atoms with E-state index in [4.69, 9.17) is 9.47 Å². The average Bonchev–Trinajstić information content (AvgIpc) is 2.60. The Morgan fingerprint density at radius 2 is 1.63 bits per heavy atom. The highest BCUT2D eigenvalue weighted by atomic mass is 16.6. The molecule has 0 aromatic heterocycles. The Bertz CT molecular complexity index is 802. The van der Waals surface area contributed by atoms with Crippen LogP contribution in [0.25, 0.3) is 6.08 Å². The van der Waals surface area contributed by atoms with E-state index in [-0.39, 0.29) is 12.3 Å². The lowest BCUT2D eigenvalue weighted by atomic mass is 10.1. The Morgan fingerprint density at radius 1 is 1.00 bits per heavy atom. The van der Waals surface area contributed by atoms with Gasteiger partial charge in [0.15, 0.2) is 0 Å². The Hall–Kier alpha value is -3.08. The first-order chi connectivity index (χ1) is 12.7. The average molecular weight is 367 g/mol. The molecule has 0 fully saturated rings. The molecule has 0 unspecified atom stereocenters. The van der Waals surface area contributed by atoms with Crippen molar-refractivity contribution in [3.8, 4) is 0 Å². The lowest BCUT2D eigenvalue weighted by molar-refractivity contribution is -0.140. The molecule has 5 heteroatoms. The van der Waals surface area contributed by atoms with Crippen LogP contribution in [0.5, 0.6) is 0 Å². The third-order valence-electron chi connectivity index (χ3n) is 3.46. The molecule has 0 saturated carbocycles. The zero-order chi connectivity index (χ0) is 19.9. The minimum absolute atomic E-state index is 0.0176. The van der Waals surface area contributed by atoms with Gasteiger partial charge in [-0.2, -0.15) is 0 Å². The fraction of sp³-hybridized carbons (Fsp3) is 0.273. The van der Waals surface area contributed by atoms with Crippen LogP contribution in [0.1, 0.15) is 37.5 Å². The zero-order valence-electron chi connectivity index (χ0n) is 16.1. The fourth-order valence-electron chi connectivity index (χ4n) is 2.19. The van der Waals surface area contributed by atoms with Crippen LogP contribution in [0.15, 0.2) is 60.3 Å². The van der Waals surface area contributed by atoms with Gasteiger partial charge in [0.05, 0.1) is 0 Å². The number of ether oxygens (including phenoxy) is 2. The molecule has 5 nitrogen and oxygen atoms in total. The molecule has 0 bridgehead atoms. The van der Waals surface area contributed by atoms with Gasteiger partial charge in [-0.05, 0) is 44.9 Å². The molecule has 0 aliphatic carbocycles. The Labute approximate surface area is 160 Å². The van der Waals surface area contributed by atoms with Crippen LogP contribution in [0.2, 0.25) is 0 Å². The molecule has 0 saturated heterocycles. The summed E-state index contributed by atoms with van der Waals surface area (Å²) in [5, 5.41) is 2.50. The summed E-state index contributed by atoms with van der Waals surface area (Å²) in [5.74, 6) is -0.634. The summed E-state index contributed by atoms with van der Waals surface area (Å²) >= 11 is 0. The maximum absolute atomic E-state index is 12.5. The number of aryl methyl sites for hydroxylation is 1. The molecule has 0 aliphatic rings. The molecule has 0 radical (unpaired) electrons. The van der Waals surface area contributed by atoms with Gasteiger partial charge in [-0.15, -0.1) is 0 Å². The van der Waals surface area contributed by atoms with Crippen molar-refractivity contribution in [2.24, 2.45) is 0 Å². The lowest BCUT2D eigenvalue weighted by Crippen LogP contribution is -2.34. The van der Waals surface area contributed by atoms with Gasteiger partial charge in [-0.25, -0.2) is 9.59 Å². The number of hydrogen-bond acceptors (Lipinski definition) is 4. The lowest BCUT2D eigenvalue weighted by Gasteiger charge is -2.20. The van der Waals surface area contributed by atoms with E-state index in [1.54, 1.807) is 26.8 Å². The SMILES string of the molecule is Cc1ccc(/C=C(\NC(=O)OC(C)(C)C)C(=O)OCc2ccccc2)cc1. The highest BCUT2D eigenvalue weighted by Gasteiger charge is 2.20. The predicted molar refractivity (Wildman–Crippen MR) is 105 cm³/mol. The summed E-state index contributed by atoms with van der Waals surface area (Å²) in [6, 6.07) is 16.9. The Balaban J connectivity index is 2.16. The van der Waals surface area contributed by atoms with Crippen LogP contribution in [0, 0.1) is 6.92 Å². The summed E-state index contributed by atoms with van der Waals surface area (Å²) < 4.78 is 10.6. The van der Waals surface area contributed by atoms with Gasteiger partial charge < -0.3 is 9.47 Å². The minimum atomic E-state index is -0.711. The first-order valence-corrected chi connectivity index (χ1v) is 8.72. The van der Waals surface area contributed by atoms with Crippen molar-refractivity contribution >= 4 is 18.1 Å². The highest BCUT2D eigenvalue weighted by molar-refractivity contribution is 5.96. The molecular weight excluding hydrogens is 342 g/mol. The standard InChI is InChI=1S/C22H25NO4/c1-16-10-12-17(13-11-16)14-19(23-21(25)27-22(2,3)4)20(24)26-15-18-8-6-5-7-9-18/h5-14H,15H2,1-4H3,(H,23,25)/b19-14-. The number of hydrogen-bond donors (Lipinski definition) is 1. The van der Waals surface area contributed by atoms with Gasteiger partial charge in [0.25, 0.3) is 0 Å². The van der Waals surface area contributed by atoms with Crippen molar-refractivity contribution in [1.29, 1.82) is 0 Å². The predicted octanol–water partition coefficient (Wildman–Crippen LogP) is 4.60. The van der Waals surface area contributed by atoms with Gasteiger partial charge in [0.2, 0.25) is 0 Å². The van der Waals surface area contributed by atoms with Crippen molar-refractivity contribution in [3.63, 3.8) is 0 Å². The Morgan fingerprint density at radius 3 is 2.22 bits per heavy atom. The topological polar surface area (TPSA) is 64.6 Å². The molecule has 142 valence electrons. The monoisotopic (exact) mass is 367 g/mol. The largest absolute Gasteiger partial charge is 0.456 e. The van der Waals surface area contributed by atoms with E-state index >= 15 is 0 Å². The Kier molecular flexibility index (Phi) is 6.77. The molecule has 0 heterocycles. The molecule has 1 amide bonds. The summed E-state index contributed by atoms with van der Waals surface area (Å²) in [5.41, 5.74) is 2.07. The zero-order valence-corrected chi connectivity index (χ0v) is 16.1. The summed E-state index contributed by atoms with van der Waals surface area (Å²) in [7, 11) is 0. The van der Waals surface area contributed by atoms with Crippen molar-refractivity contribution in [2.45, 2.75) is 39.9 Å². The number of nitrogens with one attached hydrogen (secondary N) is 1. The third kappa shape index (κ3) is 7.36. The summed E-state index contributed by atoms with van der Waals surface area (Å²) in [6.07, 6.45) is 0.856. The van der Waals surface area contributed by atoms with Crippen LogP contribution in [0.3, 0.4) is 0 Å². The van der Waals surface area contributed by atoms with Crippen LogP contribution in [-0.4, -0.2) is 17.7 Å². The first kappa shape index (κ1) is 20.2. The molecule has 0 atom stereocenters. The van der Waals surface area contributed by atoms with Gasteiger partial charge in [-0.3, -0.25) is 5.32 Å². The summed E-state index contributed by atoms with van der Waals surface area (Å²) in [6.45, 7) is 7.35. The second-order valence-corrected chi connectivity index (χ2v) is 7.16. The molecule has 0 spiro atoms. The molecule has 2 rings (SSSR count). The second-order valence-electron chi connectivity index (χ2n) is 7.16. The van der Waals surface area contributed by atoms with E-state index in [1.807, 2.05) is 61.5 Å². The highest BCUT2D eigenvalue weighted by Crippen LogP contribution is 2.12. The van der Waals surface area contributed by atoms with E-state index in [1.165, 1.54) is 0 Å². The summed E-state index contributed by atoms with van der Waals surface area (Å²) in [4.78, 5) is 24.6. The van der Waals surface area contributed by atoms with Crippen molar-refractivity contribution in [2.75, 3.05) is 0 Å². The van der Waals surface area contributed by atoms with E-state index in [0.29, 0.717) is 0 Å². The van der Waals surface area contributed by atoms with Crippen LogP contribution >= 0.6 is 0 Å². The van der Waals surface area contributed by atoms with E-state index in [0.717, 1.165) is 16.7 Å². The van der Waals surface area contributed by atoms with E-state index in [9.17, 15) is 9.59 Å². The van der Waals surface area contributed by atoms with Crippen molar-refractivity contribution < 1.29 is 19.1 Å². The smallest absolute Gasteiger partial charge is 0.412 e. The fourth-order valence-corrected chi connectivity index (χ4v) is 2.19. The maximum Gasteiger partial charge on any atom is 0.412 e. The van der Waals surface area contributed by atoms with Crippen molar-refractivity contribution in [3.05, 3.63) is 77.0 Å². The number of carbonyl (C=O) groups excluding carboxylic acids is 2. The molecule has 1 N–H and O–H groups in total. The van der Waals surface area contributed by atoms with E-state index in [2.05, 4.69) is 5.32 Å². The molecular formula is C22H25NO4. The van der Waals surface area contributed by atoms with Gasteiger partial charge in [-0.1, -0.05) is 60.2 Å². The quantitative estimate of drug-likeness (QED) is 0.619. The van der Waals surface area contributed by atoms with Crippen molar-refractivity contribution in [1.82, 2.24) is 5.32 Å². The molecule has 2 aromatic carbocycles. The molecule has 0 aliphatic heterocycles. The number of carbonyl (C=O) groups is 2. The maximum atomic E-state index is 12.5. The number of alkyl carbamates (subject to hydrolysis) is 1. The number of rotatable bonds is 5. The van der Waals surface area contributed by atoms with E-state index < -0.39 is 17.7 Å². The van der Waals surface area contributed by atoms with Crippen LogP contribution < -0.4 is 5.32 Å². The minimum Gasteiger partial charge on any atom is -0.456 e. The van der Waals surface area contributed by atoms with Gasteiger partial charge in [0.1, 0.15) is 17.9 Å². The number of benzene rings is 2. The normalized spacial score (nSPS) is 11.6. The van der Waals surface area contributed by atoms with Crippen LogP contribution in [-0.2, 0) is 20.9 Å². The number of esters is 1.